The Morgan fingerprint density at radius 3 is 2.53 bits per heavy atom. The van der Waals surface area contributed by atoms with Gasteiger partial charge in [0.25, 0.3) is 10.0 Å². The number of imidazole rings is 1. The molecule has 110 valence electrons. The molecule has 0 spiro atoms. The van der Waals surface area contributed by atoms with Gasteiger partial charge in [-0.25, -0.2) is 13.4 Å². The van der Waals surface area contributed by atoms with Crippen LogP contribution in [0.3, 0.4) is 0 Å². The van der Waals surface area contributed by atoms with Crippen molar-refractivity contribution in [2.24, 2.45) is 7.05 Å². The molecule has 1 aromatic heterocycles. The van der Waals surface area contributed by atoms with E-state index in [-0.39, 0.29) is 23.3 Å². The number of hydrogen-bond acceptors (Lipinski definition) is 4. The molecular weight excluding hydrogens is 290 g/mol. The molecule has 8 heteroatoms. The highest BCUT2D eigenvalue weighted by Gasteiger charge is 2.29. The van der Waals surface area contributed by atoms with Crippen molar-refractivity contribution in [3.63, 3.8) is 0 Å². The quantitative estimate of drug-likeness (QED) is 0.784. The molecule has 0 unspecified atom stereocenters. The summed E-state index contributed by atoms with van der Waals surface area (Å²) in [6.45, 7) is 2.62. The van der Waals surface area contributed by atoms with Gasteiger partial charge < -0.3 is 9.67 Å². The van der Waals surface area contributed by atoms with E-state index in [0.717, 1.165) is 12.8 Å². The molecule has 0 aromatic carbocycles. The Hall–Kier alpha value is -0.630. The topological polar surface area (TPSA) is 75.4 Å². The minimum Gasteiger partial charge on any atom is -0.396 e. The van der Waals surface area contributed by atoms with Gasteiger partial charge in [-0.2, -0.15) is 4.31 Å². The van der Waals surface area contributed by atoms with E-state index < -0.39 is 10.0 Å². The lowest BCUT2D eigenvalue weighted by molar-refractivity contribution is 0.268. The number of aromatic nitrogens is 2. The van der Waals surface area contributed by atoms with E-state index in [1.165, 1.54) is 15.2 Å². The zero-order valence-electron chi connectivity index (χ0n) is 11.2. The van der Waals surface area contributed by atoms with Crippen LogP contribution in [0.15, 0.2) is 11.4 Å². The molecule has 0 saturated heterocycles. The Morgan fingerprint density at radius 1 is 1.42 bits per heavy atom. The largest absolute Gasteiger partial charge is 0.396 e. The first-order chi connectivity index (χ1) is 8.95. The van der Waals surface area contributed by atoms with E-state index in [2.05, 4.69) is 4.98 Å². The van der Waals surface area contributed by atoms with Gasteiger partial charge in [0.05, 0.1) is 6.33 Å². The molecule has 0 bridgehead atoms. The Balaban J connectivity index is 3.01. The Kier molecular flexibility index (Phi) is 6.25. The lowest BCUT2D eigenvalue weighted by atomic mass is 10.3. The van der Waals surface area contributed by atoms with Crippen molar-refractivity contribution < 1.29 is 13.5 Å². The first kappa shape index (κ1) is 16.4. The number of sulfonamides is 1. The van der Waals surface area contributed by atoms with Gasteiger partial charge in [-0.05, 0) is 12.8 Å². The second-order valence-corrected chi connectivity index (χ2v) is 6.50. The minimum atomic E-state index is -3.70. The molecule has 1 rings (SSSR count). The van der Waals surface area contributed by atoms with E-state index in [1.54, 1.807) is 7.05 Å². The second kappa shape index (κ2) is 7.23. The van der Waals surface area contributed by atoms with Gasteiger partial charge in [0, 0.05) is 26.7 Å². The van der Waals surface area contributed by atoms with Crippen LogP contribution in [-0.2, 0) is 17.1 Å². The molecule has 0 radical (unpaired) electrons. The van der Waals surface area contributed by atoms with Crippen molar-refractivity contribution in [1.29, 1.82) is 0 Å². The number of halogens is 1. The molecule has 0 atom stereocenters. The minimum absolute atomic E-state index is 0.0475. The maximum Gasteiger partial charge on any atom is 0.263 e. The fourth-order valence-corrected chi connectivity index (χ4v) is 3.53. The highest BCUT2D eigenvalue weighted by Crippen LogP contribution is 2.23. The molecule has 0 amide bonds. The van der Waals surface area contributed by atoms with Crippen LogP contribution in [0, 0.1) is 0 Å². The third kappa shape index (κ3) is 3.92. The number of hydrogen-bond donors (Lipinski definition) is 1. The summed E-state index contributed by atoms with van der Waals surface area (Å²) in [5.41, 5.74) is 0. The van der Waals surface area contributed by atoms with E-state index in [4.69, 9.17) is 16.7 Å². The van der Waals surface area contributed by atoms with Gasteiger partial charge in [0.15, 0.2) is 0 Å². The predicted molar refractivity (Wildman–Crippen MR) is 73.6 cm³/mol. The average Bonchev–Trinajstić information content (AvgIpc) is 2.70. The third-order valence-corrected chi connectivity index (χ3v) is 5.14. The van der Waals surface area contributed by atoms with Crippen LogP contribution < -0.4 is 0 Å². The highest BCUT2D eigenvalue weighted by molar-refractivity contribution is 7.89. The van der Waals surface area contributed by atoms with Crippen molar-refractivity contribution in [1.82, 2.24) is 13.9 Å². The molecule has 0 aliphatic rings. The molecule has 0 aliphatic carbocycles. The van der Waals surface area contributed by atoms with E-state index >= 15 is 0 Å². The van der Waals surface area contributed by atoms with Gasteiger partial charge in [0.1, 0.15) is 5.15 Å². The molecule has 6 nitrogen and oxygen atoms in total. The van der Waals surface area contributed by atoms with Crippen LogP contribution in [-0.4, -0.2) is 47.1 Å². The highest BCUT2D eigenvalue weighted by atomic mass is 35.5. The Bertz CT molecular complexity index is 493. The van der Waals surface area contributed by atoms with Gasteiger partial charge >= 0.3 is 0 Å². The fraction of sp³-hybridized carbons (Fsp3) is 0.727. The molecular formula is C11H20ClN3O3S. The summed E-state index contributed by atoms with van der Waals surface area (Å²) >= 11 is 5.95. The zero-order chi connectivity index (χ0) is 14.5. The third-order valence-electron chi connectivity index (χ3n) is 2.75. The van der Waals surface area contributed by atoms with Gasteiger partial charge in [0.2, 0.25) is 5.03 Å². The number of aryl methyl sites for hydroxylation is 1. The van der Waals surface area contributed by atoms with E-state index in [0.29, 0.717) is 13.0 Å². The summed E-state index contributed by atoms with van der Waals surface area (Å²) < 4.78 is 27.7. The van der Waals surface area contributed by atoms with Crippen molar-refractivity contribution in [2.45, 2.75) is 31.2 Å². The van der Waals surface area contributed by atoms with E-state index in [9.17, 15) is 8.42 Å². The number of rotatable bonds is 8. The smallest absolute Gasteiger partial charge is 0.263 e. The first-order valence-electron chi connectivity index (χ1n) is 6.23. The predicted octanol–water partition coefficient (Wildman–Crippen LogP) is 1.25. The van der Waals surface area contributed by atoms with Crippen molar-refractivity contribution in [2.75, 3.05) is 19.7 Å². The summed E-state index contributed by atoms with van der Waals surface area (Å²) in [5.74, 6) is 0. The zero-order valence-corrected chi connectivity index (χ0v) is 12.8. The Labute approximate surface area is 119 Å². The van der Waals surface area contributed by atoms with Crippen LogP contribution in [0.4, 0.5) is 0 Å². The van der Waals surface area contributed by atoms with Crippen LogP contribution in [0.5, 0.6) is 0 Å². The SMILES string of the molecule is CCCCN(CCCO)S(=O)(=O)c1ncn(C)c1Cl. The molecule has 19 heavy (non-hydrogen) atoms. The standard InChI is InChI=1S/C11H20ClN3O3S/c1-3-4-6-15(7-5-8-16)19(17,18)11-10(12)14(2)9-13-11/h9,16H,3-8H2,1-2H3. The summed E-state index contributed by atoms with van der Waals surface area (Å²) in [7, 11) is -2.06. The monoisotopic (exact) mass is 309 g/mol. The summed E-state index contributed by atoms with van der Waals surface area (Å²) in [6.07, 6.45) is 3.42. The van der Waals surface area contributed by atoms with Crippen LogP contribution in [0.25, 0.3) is 0 Å². The molecule has 1 aromatic rings. The lowest BCUT2D eigenvalue weighted by Crippen LogP contribution is -2.33. The van der Waals surface area contributed by atoms with Crippen LogP contribution >= 0.6 is 11.6 Å². The summed E-state index contributed by atoms with van der Waals surface area (Å²) in [5, 5.41) is 8.85. The molecule has 0 saturated carbocycles. The first-order valence-corrected chi connectivity index (χ1v) is 8.04. The number of aliphatic hydroxyl groups is 1. The van der Waals surface area contributed by atoms with Gasteiger partial charge in [-0.15, -0.1) is 0 Å². The molecule has 0 fully saturated rings. The van der Waals surface area contributed by atoms with Gasteiger partial charge in [-0.1, -0.05) is 24.9 Å². The van der Waals surface area contributed by atoms with Gasteiger partial charge in [-0.3, -0.25) is 0 Å². The maximum absolute atomic E-state index is 12.5. The summed E-state index contributed by atoms with van der Waals surface area (Å²) in [4.78, 5) is 3.86. The van der Waals surface area contributed by atoms with E-state index in [1.807, 2.05) is 6.92 Å². The maximum atomic E-state index is 12.5. The van der Waals surface area contributed by atoms with Crippen molar-refractivity contribution in [3.8, 4) is 0 Å². The number of nitrogens with zero attached hydrogens (tertiary/aromatic N) is 3. The number of unbranched alkanes of at least 4 members (excludes halogenated alkanes) is 1. The van der Waals surface area contributed by atoms with Crippen molar-refractivity contribution in [3.05, 3.63) is 11.5 Å². The average molecular weight is 310 g/mol. The molecule has 1 N–H and O–H groups in total. The number of aliphatic hydroxyl groups excluding tert-OH is 1. The molecule has 1 heterocycles. The Morgan fingerprint density at radius 2 is 2.05 bits per heavy atom. The normalized spacial score (nSPS) is 12.3. The lowest BCUT2D eigenvalue weighted by Gasteiger charge is -2.20. The van der Waals surface area contributed by atoms with Crippen LogP contribution in [0.1, 0.15) is 26.2 Å². The van der Waals surface area contributed by atoms with Crippen LogP contribution in [0.2, 0.25) is 5.15 Å². The fourth-order valence-electron chi connectivity index (χ4n) is 1.62. The molecule has 0 aliphatic heterocycles. The van der Waals surface area contributed by atoms with Crippen molar-refractivity contribution >= 4 is 21.6 Å². The second-order valence-electron chi connectivity index (χ2n) is 4.29. The summed E-state index contributed by atoms with van der Waals surface area (Å²) in [6, 6.07) is 0.